The molecule has 0 aliphatic carbocycles. The van der Waals surface area contributed by atoms with E-state index < -0.39 is 0 Å². The number of carbonyl (C=O) groups is 2. The summed E-state index contributed by atoms with van der Waals surface area (Å²) in [7, 11) is 0. The van der Waals surface area contributed by atoms with Gasteiger partial charge in [0.2, 0.25) is 11.8 Å². The van der Waals surface area contributed by atoms with Gasteiger partial charge in [0, 0.05) is 31.7 Å². The van der Waals surface area contributed by atoms with Gasteiger partial charge >= 0.3 is 0 Å². The molecule has 2 rings (SSSR count). The van der Waals surface area contributed by atoms with Crippen molar-refractivity contribution >= 4 is 17.5 Å². The summed E-state index contributed by atoms with van der Waals surface area (Å²) >= 11 is 0. The van der Waals surface area contributed by atoms with E-state index in [1.165, 1.54) is 0 Å². The van der Waals surface area contributed by atoms with Crippen LogP contribution in [0.15, 0.2) is 24.3 Å². The van der Waals surface area contributed by atoms with Crippen molar-refractivity contribution in [2.45, 2.75) is 52.4 Å². The molecule has 0 saturated carbocycles. The first kappa shape index (κ1) is 18.4. The second-order valence-electron chi connectivity index (χ2n) is 6.43. The molecule has 2 amide bonds. The molecule has 1 fully saturated rings. The molecule has 0 unspecified atom stereocenters. The van der Waals surface area contributed by atoms with Crippen LogP contribution >= 0.6 is 0 Å². The van der Waals surface area contributed by atoms with Gasteiger partial charge in [0.25, 0.3) is 0 Å². The molecule has 1 aliphatic heterocycles. The monoisotopic (exact) mass is 333 g/mol. The summed E-state index contributed by atoms with van der Waals surface area (Å²) in [6.45, 7) is 9.33. The lowest BCUT2D eigenvalue weighted by Gasteiger charge is -2.29. The topological polar surface area (TPSA) is 70.7 Å². The molecule has 1 aromatic carbocycles. The van der Waals surface area contributed by atoms with Gasteiger partial charge in [-0.15, -0.1) is 0 Å². The zero-order valence-electron chi connectivity index (χ0n) is 14.8. The molecule has 1 heterocycles. The van der Waals surface area contributed by atoms with Gasteiger partial charge in [0.15, 0.2) is 0 Å². The SMILES string of the molecule is CC(=O)N(Cc1ccc(NC(=O)[C@H]2NCCO[C@@H]2C)cc1)C(C)C. The predicted molar refractivity (Wildman–Crippen MR) is 93.6 cm³/mol. The highest BCUT2D eigenvalue weighted by molar-refractivity contribution is 5.95. The third-order valence-electron chi connectivity index (χ3n) is 4.20. The van der Waals surface area contributed by atoms with Crippen LogP contribution in [0.4, 0.5) is 5.69 Å². The Labute approximate surface area is 143 Å². The zero-order valence-corrected chi connectivity index (χ0v) is 14.8. The summed E-state index contributed by atoms with van der Waals surface area (Å²) in [4.78, 5) is 25.8. The second-order valence-corrected chi connectivity index (χ2v) is 6.43. The lowest BCUT2D eigenvalue weighted by atomic mass is 10.1. The summed E-state index contributed by atoms with van der Waals surface area (Å²) in [6, 6.07) is 7.40. The Kier molecular flexibility index (Phi) is 6.34. The van der Waals surface area contributed by atoms with Crippen LogP contribution in [0.3, 0.4) is 0 Å². The van der Waals surface area contributed by atoms with Crippen molar-refractivity contribution in [1.82, 2.24) is 10.2 Å². The highest BCUT2D eigenvalue weighted by Crippen LogP contribution is 2.14. The number of benzene rings is 1. The fourth-order valence-electron chi connectivity index (χ4n) is 2.80. The van der Waals surface area contributed by atoms with Crippen LogP contribution < -0.4 is 10.6 Å². The zero-order chi connectivity index (χ0) is 17.7. The molecule has 24 heavy (non-hydrogen) atoms. The number of anilines is 1. The molecule has 0 spiro atoms. The molecule has 6 heteroatoms. The minimum absolute atomic E-state index is 0.0553. The van der Waals surface area contributed by atoms with E-state index in [4.69, 9.17) is 4.74 Å². The number of rotatable bonds is 5. The van der Waals surface area contributed by atoms with E-state index in [0.717, 1.165) is 11.3 Å². The van der Waals surface area contributed by atoms with Gasteiger partial charge in [0.1, 0.15) is 6.04 Å². The predicted octanol–water partition coefficient (Wildman–Crippen LogP) is 1.76. The van der Waals surface area contributed by atoms with Crippen molar-refractivity contribution in [3.63, 3.8) is 0 Å². The molecule has 1 aromatic rings. The second kappa shape index (κ2) is 8.26. The standard InChI is InChI=1S/C18H27N3O3/c1-12(2)21(14(4)22)11-15-5-7-16(8-6-15)20-18(23)17-13(3)24-10-9-19-17/h5-8,12-13,17,19H,9-11H2,1-4H3,(H,20,23)/t13-,17+/m1/s1. The van der Waals surface area contributed by atoms with E-state index in [0.29, 0.717) is 19.7 Å². The van der Waals surface area contributed by atoms with E-state index in [2.05, 4.69) is 10.6 Å². The highest BCUT2D eigenvalue weighted by Gasteiger charge is 2.28. The first-order chi connectivity index (χ1) is 11.4. The van der Waals surface area contributed by atoms with Crippen LogP contribution in [-0.4, -0.2) is 48.1 Å². The largest absolute Gasteiger partial charge is 0.375 e. The summed E-state index contributed by atoms with van der Waals surface area (Å²) < 4.78 is 5.50. The maximum atomic E-state index is 12.3. The van der Waals surface area contributed by atoms with Gasteiger partial charge < -0.3 is 20.3 Å². The number of nitrogens with zero attached hydrogens (tertiary/aromatic N) is 1. The van der Waals surface area contributed by atoms with Crippen LogP contribution in [0.25, 0.3) is 0 Å². The third kappa shape index (κ3) is 4.79. The summed E-state index contributed by atoms with van der Waals surface area (Å²) in [6.07, 6.45) is -0.145. The molecule has 2 N–H and O–H groups in total. The van der Waals surface area contributed by atoms with Gasteiger partial charge in [0.05, 0.1) is 12.7 Å². The number of amides is 2. The van der Waals surface area contributed by atoms with Gasteiger partial charge in [-0.2, -0.15) is 0 Å². The lowest BCUT2D eigenvalue weighted by Crippen LogP contribution is -2.53. The minimum atomic E-state index is -0.340. The van der Waals surface area contributed by atoms with Crippen LogP contribution in [0.5, 0.6) is 0 Å². The Balaban J connectivity index is 1.96. The summed E-state index contributed by atoms with van der Waals surface area (Å²) in [5, 5.41) is 6.08. The van der Waals surface area contributed by atoms with E-state index in [-0.39, 0.29) is 30.0 Å². The Morgan fingerprint density at radius 1 is 1.33 bits per heavy atom. The quantitative estimate of drug-likeness (QED) is 0.861. The summed E-state index contributed by atoms with van der Waals surface area (Å²) in [5.74, 6) is -0.0396. The Bertz CT molecular complexity index is 571. The number of ether oxygens (including phenoxy) is 1. The van der Waals surface area contributed by atoms with E-state index >= 15 is 0 Å². The van der Waals surface area contributed by atoms with Crippen molar-refractivity contribution in [2.75, 3.05) is 18.5 Å². The fraction of sp³-hybridized carbons (Fsp3) is 0.556. The maximum Gasteiger partial charge on any atom is 0.244 e. The number of hydrogen-bond donors (Lipinski definition) is 2. The van der Waals surface area contributed by atoms with Crippen molar-refractivity contribution in [3.8, 4) is 0 Å². The van der Waals surface area contributed by atoms with Crippen molar-refractivity contribution < 1.29 is 14.3 Å². The van der Waals surface area contributed by atoms with Crippen LogP contribution in [-0.2, 0) is 20.9 Å². The molecule has 0 radical (unpaired) electrons. The van der Waals surface area contributed by atoms with Crippen molar-refractivity contribution in [2.24, 2.45) is 0 Å². The minimum Gasteiger partial charge on any atom is -0.375 e. The van der Waals surface area contributed by atoms with Gasteiger partial charge in [-0.3, -0.25) is 9.59 Å². The molecule has 0 aromatic heterocycles. The third-order valence-corrected chi connectivity index (χ3v) is 4.20. The average molecular weight is 333 g/mol. The molecule has 1 saturated heterocycles. The van der Waals surface area contributed by atoms with E-state index in [1.54, 1.807) is 11.8 Å². The normalized spacial score (nSPS) is 20.7. The average Bonchev–Trinajstić information content (AvgIpc) is 2.53. The Hall–Kier alpha value is -1.92. The van der Waals surface area contributed by atoms with Crippen molar-refractivity contribution in [1.29, 1.82) is 0 Å². The molecule has 6 nitrogen and oxygen atoms in total. The Morgan fingerprint density at radius 2 is 2.00 bits per heavy atom. The van der Waals surface area contributed by atoms with Crippen LogP contribution in [0, 0.1) is 0 Å². The first-order valence-corrected chi connectivity index (χ1v) is 8.40. The van der Waals surface area contributed by atoms with E-state index in [9.17, 15) is 9.59 Å². The van der Waals surface area contributed by atoms with Crippen molar-refractivity contribution in [3.05, 3.63) is 29.8 Å². The first-order valence-electron chi connectivity index (χ1n) is 8.40. The number of carbonyl (C=O) groups excluding carboxylic acids is 2. The van der Waals surface area contributed by atoms with Crippen LogP contribution in [0.1, 0.15) is 33.3 Å². The number of morpholine rings is 1. The summed E-state index contributed by atoms with van der Waals surface area (Å²) in [5.41, 5.74) is 1.77. The maximum absolute atomic E-state index is 12.3. The molecule has 0 bridgehead atoms. The van der Waals surface area contributed by atoms with Crippen LogP contribution in [0.2, 0.25) is 0 Å². The molecule has 1 aliphatic rings. The number of hydrogen-bond acceptors (Lipinski definition) is 4. The number of nitrogens with one attached hydrogen (secondary N) is 2. The molecular weight excluding hydrogens is 306 g/mol. The smallest absolute Gasteiger partial charge is 0.244 e. The molecular formula is C18H27N3O3. The van der Waals surface area contributed by atoms with E-state index in [1.807, 2.05) is 45.0 Å². The van der Waals surface area contributed by atoms with Gasteiger partial charge in [-0.25, -0.2) is 0 Å². The van der Waals surface area contributed by atoms with Gasteiger partial charge in [-0.1, -0.05) is 12.1 Å². The van der Waals surface area contributed by atoms with Gasteiger partial charge in [-0.05, 0) is 38.5 Å². The molecule has 2 atom stereocenters. The Morgan fingerprint density at radius 3 is 2.54 bits per heavy atom. The highest BCUT2D eigenvalue weighted by atomic mass is 16.5. The lowest BCUT2D eigenvalue weighted by molar-refractivity contribution is -0.131. The fourth-order valence-corrected chi connectivity index (χ4v) is 2.80. The molecule has 132 valence electrons.